The van der Waals surface area contributed by atoms with Gasteiger partial charge < -0.3 is 4.23 Å². The minimum Gasteiger partial charge on any atom is -0.422 e. The predicted molar refractivity (Wildman–Crippen MR) is 98.9 cm³/mol. The minimum absolute atomic E-state index is 1.33. The SMILES string of the molecule is CC[Si](CC)(CC)N(c1ccnnc1)[Si](CC)(CC)CC. The number of hydrogen-bond acceptors (Lipinski definition) is 3. The van der Waals surface area contributed by atoms with Gasteiger partial charge in [-0.05, 0) is 42.3 Å². The Morgan fingerprint density at radius 2 is 1.19 bits per heavy atom. The average molecular weight is 324 g/mol. The van der Waals surface area contributed by atoms with Crippen LogP contribution in [0.3, 0.4) is 0 Å². The van der Waals surface area contributed by atoms with Gasteiger partial charge in [-0.3, -0.25) is 0 Å². The molecule has 3 nitrogen and oxygen atoms in total. The van der Waals surface area contributed by atoms with E-state index in [4.69, 9.17) is 0 Å². The maximum absolute atomic E-state index is 4.19. The Hall–Kier alpha value is -0.686. The van der Waals surface area contributed by atoms with Gasteiger partial charge in [-0.25, -0.2) is 0 Å². The fourth-order valence-electron chi connectivity index (χ4n) is 3.92. The quantitative estimate of drug-likeness (QED) is 0.578. The lowest BCUT2D eigenvalue weighted by atomic mass is 10.5. The molecule has 0 spiro atoms. The standard InChI is InChI=1S/C16H33N3Si2/c1-7-20(8-2,9-3)19(16-13-14-17-18-15-16)21(10-4,11-5)12-6/h13-15H,7-12H2,1-6H3. The Morgan fingerprint density at radius 3 is 1.48 bits per heavy atom. The molecule has 0 aliphatic rings. The number of hydrogen-bond donors (Lipinski definition) is 0. The van der Waals surface area contributed by atoms with E-state index in [9.17, 15) is 0 Å². The second-order valence-corrected chi connectivity index (χ2v) is 16.5. The molecule has 21 heavy (non-hydrogen) atoms. The van der Waals surface area contributed by atoms with E-state index in [1.807, 2.05) is 12.4 Å². The maximum Gasteiger partial charge on any atom is 0.147 e. The number of nitrogens with zero attached hydrogens (tertiary/aromatic N) is 3. The van der Waals surface area contributed by atoms with Crippen molar-refractivity contribution < 1.29 is 0 Å². The summed E-state index contributed by atoms with van der Waals surface area (Å²) in [6.07, 6.45) is 3.87. The van der Waals surface area contributed by atoms with Gasteiger partial charge in [-0.2, -0.15) is 10.2 Å². The Labute approximate surface area is 133 Å². The van der Waals surface area contributed by atoms with Gasteiger partial charge in [0, 0.05) is 5.69 Å². The van der Waals surface area contributed by atoms with Gasteiger partial charge in [0.25, 0.3) is 0 Å². The van der Waals surface area contributed by atoms with Gasteiger partial charge in [0.15, 0.2) is 0 Å². The highest BCUT2D eigenvalue weighted by Crippen LogP contribution is 2.39. The monoisotopic (exact) mass is 323 g/mol. The minimum atomic E-state index is -1.46. The maximum atomic E-state index is 4.19. The molecule has 0 unspecified atom stereocenters. The van der Waals surface area contributed by atoms with E-state index in [1.165, 1.54) is 42.0 Å². The highest BCUT2D eigenvalue weighted by Gasteiger charge is 2.46. The first-order chi connectivity index (χ1) is 10.1. The molecular formula is C16H33N3Si2. The molecule has 120 valence electrons. The Morgan fingerprint density at radius 1 is 0.762 bits per heavy atom. The topological polar surface area (TPSA) is 29.0 Å². The van der Waals surface area contributed by atoms with Crippen LogP contribution in [0.1, 0.15) is 41.5 Å². The molecule has 1 heterocycles. The molecule has 1 rings (SSSR count). The van der Waals surface area contributed by atoms with Crippen LogP contribution in [0.25, 0.3) is 0 Å². The number of anilines is 1. The summed E-state index contributed by atoms with van der Waals surface area (Å²) in [5.41, 5.74) is 1.35. The second kappa shape index (κ2) is 8.08. The van der Waals surface area contributed by atoms with Crippen molar-refractivity contribution in [3.63, 3.8) is 0 Å². The molecule has 0 aliphatic heterocycles. The lowest BCUT2D eigenvalue weighted by molar-refractivity contribution is 1.01. The van der Waals surface area contributed by atoms with Crippen LogP contribution >= 0.6 is 0 Å². The molecule has 0 radical (unpaired) electrons. The first kappa shape index (κ1) is 18.4. The van der Waals surface area contributed by atoms with E-state index < -0.39 is 16.5 Å². The summed E-state index contributed by atoms with van der Waals surface area (Å²) in [5, 5.41) is 8.19. The molecule has 1 aromatic rings. The van der Waals surface area contributed by atoms with Gasteiger partial charge in [0.2, 0.25) is 0 Å². The smallest absolute Gasteiger partial charge is 0.147 e. The summed E-state index contributed by atoms with van der Waals surface area (Å²) >= 11 is 0. The summed E-state index contributed by atoms with van der Waals surface area (Å²) in [6, 6.07) is 10.2. The lowest BCUT2D eigenvalue weighted by Crippen LogP contribution is -2.66. The zero-order valence-corrected chi connectivity index (χ0v) is 16.8. The molecule has 0 aromatic carbocycles. The summed E-state index contributed by atoms with van der Waals surface area (Å²) in [7, 11) is -2.92. The van der Waals surface area contributed by atoms with Crippen molar-refractivity contribution in [3.8, 4) is 0 Å². The third kappa shape index (κ3) is 3.39. The van der Waals surface area contributed by atoms with Gasteiger partial charge in [-0.15, -0.1) is 0 Å². The van der Waals surface area contributed by atoms with Crippen LogP contribution in [0, 0.1) is 0 Å². The molecular weight excluding hydrogens is 290 g/mol. The first-order valence-corrected chi connectivity index (χ1v) is 13.8. The van der Waals surface area contributed by atoms with Crippen molar-refractivity contribution in [2.75, 3.05) is 4.23 Å². The van der Waals surface area contributed by atoms with Crippen molar-refractivity contribution >= 4 is 22.2 Å². The van der Waals surface area contributed by atoms with Crippen LogP contribution in [0.15, 0.2) is 18.5 Å². The van der Waals surface area contributed by atoms with Crippen LogP contribution in [-0.2, 0) is 0 Å². The van der Waals surface area contributed by atoms with E-state index >= 15 is 0 Å². The average Bonchev–Trinajstić information content (AvgIpc) is 2.57. The molecule has 5 heteroatoms. The van der Waals surface area contributed by atoms with Crippen molar-refractivity contribution in [3.05, 3.63) is 18.5 Å². The molecule has 0 fully saturated rings. The Kier molecular flexibility index (Phi) is 7.07. The third-order valence-electron chi connectivity index (χ3n) is 5.72. The van der Waals surface area contributed by atoms with Crippen molar-refractivity contribution in [2.45, 2.75) is 77.8 Å². The lowest BCUT2D eigenvalue weighted by Gasteiger charge is -2.53. The summed E-state index contributed by atoms with van der Waals surface area (Å²) < 4.78 is 2.97. The fraction of sp³-hybridized carbons (Fsp3) is 0.750. The molecule has 0 amide bonds. The van der Waals surface area contributed by atoms with Crippen LogP contribution in [0.5, 0.6) is 0 Å². The first-order valence-electron chi connectivity index (χ1n) is 8.66. The highest BCUT2D eigenvalue weighted by atomic mass is 28.4. The van der Waals surface area contributed by atoms with Gasteiger partial charge >= 0.3 is 0 Å². The molecule has 0 saturated carbocycles. The van der Waals surface area contributed by atoms with Crippen LogP contribution in [0.2, 0.25) is 36.3 Å². The summed E-state index contributed by atoms with van der Waals surface area (Å²) in [4.78, 5) is 0. The molecule has 0 atom stereocenters. The van der Waals surface area contributed by atoms with E-state index in [2.05, 4.69) is 62.0 Å². The Bertz CT molecular complexity index is 367. The van der Waals surface area contributed by atoms with E-state index in [0.29, 0.717) is 0 Å². The summed E-state index contributed by atoms with van der Waals surface area (Å²) in [6.45, 7) is 14.4. The number of rotatable bonds is 9. The zero-order chi connectivity index (χ0) is 15.9. The van der Waals surface area contributed by atoms with Crippen molar-refractivity contribution in [2.24, 2.45) is 0 Å². The van der Waals surface area contributed by atoms with E-state index in [0.717, 1.165) is 0 Å². The fourth-order valence-corrected chi connectivity index (χ4v) is 17.0. The van der Waals surface area contributed by atoms with Crippen LogP contribution in [-0.4, -0.2) is 26.7 Å². The van der Waals surface area contributed by atoms with Crippen molar-refractivity contribution in [1.82, 2.24) is 10.2 Å². The molecule has 0 aliphatic carbocycles. The largest absolute Gasteiger partial charge is 0.422 e. The highest BCUT2D eigenvalue weighted by molar-refractivity contribution is 7.02. The molecule has 1 aromatic heterocycles. The van der Waals surface area contributed by atoms with Gasteiger partial charge in [0.1, 0.15) is 16.5 Å². The zero-order valence-electron chi connectivity index (χ0n) is 14.8. The second-order valence-electron chi connectivity index (χ2n) is 6.01. The van der Waals surface area contributed by atoms with Crippen LogP contribution in [0.4, 0.5) is 5.69 Å². The molecule has 0 N–H and O–H groups in total. The molecule has 0 saturated heterocycles. The Balaban J connectivity index is 3.49. The van der Waals surface area contributed by atoms with Crippen LogP contribution < -0.4 is 4.23 Å². The van der Waals surface area contributed by atoms with E-state index in [1.54, 1.807) is 0 Å². The van der Waals surface area contributed by atoms with Gasteiger partial charge in [-0.1, -0.05) is 41.5 Å². The summed E-state index contributed by atoms with van der Waals surface area (Å²) in [5.74, 6) is 0. The number of aromatic nitrogens is 2. The van der Waals surface area contributed by atoms with Gasteiger partial charge in [0.05, 0.1) is 12.4 Å². The third-order valence-corrected chi connectivity index (χ3v) is 18.9. The van der Waals surface area contributed by atoms with Crippen molar-refractivity contribution in [1.29, 1.82) is 0 Å². The molecule has 0 bridgehead atoms. The van der Waals surface area contributed by atoms with E-state index in [-0.39, 0.29) is 0 Å². The normalized spacial score (nSPS) is 12.5. The predicted octanol–water partition coefficient (Wildman–Crippen LogP) is 5.29.